The number of esters is 1. The van der Waals surface area contributed by atoms with Crippen molar-refractivity contribution in [2.75, 3.05) is 10.8 Å². The van der Waals surface area contributed by atoms with Crippen LogP contribution in [-0.4, -0.2) is 45.0 Å². The number of carbonyl (C=O) groups is 3. The fourth-order valence-corrected chi connectivity index (χ4v) is 4.88. The smallest absolute Gasteiger partial charge is 0.331 e. The van der Waals surface area contributed by atoms with Gasteiger partial charge in [-0.3, -0.25) is 14.4 Å². The molecule has 34 heavy (non-hydrogen) atoms. The molecular weight excluding hydrogens is 458 g/mol. The maximum absolute atomic E-state index is 13.1. The normalized spacial score (nSPS) is 14.1. The van der Waals surface area contributed by atoms with Crippen LogP contribution in [0.2, 0.25) is 0 Å². The van der Waals surface area contributed by atoms with E-state index in [4.69, 9.17) is 4.74 Å². The maximum atomic E-state index is 13.1. The van der Waals surface area contributed by atoms with Gasteiger partial charge in [-0.1, -0.05) is 30.3 Å². The summed E-state index contributed by atoms with van der Waals surface area (Å²) in [6, 6.07) is 12.7. The lowest BCUT2D eigenvalue weighted by molar-refractivity contribution is -0.149. The van der Waals surface area contributed by atoms with E-state index in [-0.39, 0.29) is 10.9 Å². The number of anilines is 1. The van der Waals surface area contributed by atoms with Crippen LogP contribution in [0.15, 0.2) is 59.5 Å². The summed E-state index contributed by atoms with van der Waals surface area (Å²) in [6.07, 6.45) is 2.06. The van der Waals surface area contributed by atoms with Crippen LogP contribution in [0.5, 0.6) is 0 Å². The molecule has 2 aromatic rings. The highest BCUT2D eigenvalue weighted by Gasteiger charge is 2.30. The van der Waals surface area contributed by atoms with E-state index in [1.807, 2.05) is 18.2 Å². The second-order valence-electron chi connectivity index (χ2n) is 8.05. The van der Waals surface area contributed by atoms with Crippen molar-refractivity contribution in [2.24, 2.45) is 0 Å². The predicted octanol–water partition coefficient (Wildman–Crippen LogP) is 2.62. The number of urea groups is 1. The number of hydrogen-bond donors (Lipinski definition) is 2. The number of carbonyl (C=O) groups excluding carboxylic acids is 3. The summed E-state index contributed by atoms with van der Waals surface area (Å²) in [7, 11) is -3.70. The topological polar surface area (TPSA) is 122 Å². The number of ether oxygens (including phenoxy) is 1. The Bertz CT molecular complexity index is 1210. The van der Waals surface area contributed by atoms with E-state index < -0.39 is 34.0 Å². The minimum Gasteiger partial charge on any atom is -0.449 e. The summed E-state index contributed by atoms with van der Waals surface area (Å²) < 4.78 is 32.5. The lowest BCUT2D eigenvalue weighted by atomic mass is 10.2. The largest absolute Gasteiger partial charge is 0.449 e. The molecule has 3 rings (SSSR count). The predicted molar refractivity (Wildman–Crippen MR) is 128 cm³/mol. The van der Waals surface area contributed by atoms with Crippen LogP contribution in [0, 0.1) is 0 Å². The van der Waals surface area contributed by atoms with E-state index in [0.29, 0.717) is 24.2 Å². The van der Waals surface area contributed by atoms with E-state index in [0.717, 1.165) is 11.6 Å². The van der Waals surface area contributed by atoms with Crippen molar-refractivity contribution in [1.29, 1.82) is 0 Å². The first-order valence-corrected chi connectivity index (χ1v) is 12.2. The van der Waals surface area contributed by atoms with E-state index in [1.54, 1.807) is 32.0 Å². The first-order valence-electron chi connectivity index (χ1n) is 10.8. The summed E-state index contributed by atoms with van der Waals surface area (Å²) in [5.74, 6) is -1.53. The van der Waals surface area contributed by atoms with Gasteiger partial charge in [0.05, 0.1) is 10.6 Å². The van der Waals surface area contributed by atoms with E-state index in [1.165, 1.54) is 29.4 Å². The molecule has 2 N–H and O–H groups in total. The van der Waals surface area contributed by atoms with Crippen LogP contribution < -0.4 is 14.9 Å². The number of nitrogens with one attached hydrogen (secondary N) is 2. The van der Waals surface area contributed by atoms with Crippen molar-refractivity contribution < 1.29 is 27.5 Å². The molecule has 0 aromatic heterocycles. The van der Waals surface area contributed by atoms with E-state index in [9.17, 15) is 22.8 Å². The number of sulfonamides is 1. The van der Waals surface area contributed by atoms with Crippen molar-refractivity contribution in [1.82, 2.24) is 10.6 Å². The summed E-state index contributed by atoms with van der Waals surface area (Å²) >= 11 is 0. The van der Waals surface area contributed by atoms with Gasteiger partial charge < -0.3 is 10.1 Å². The molecule has 9 nitrogen and oxygen atoms in total. The number of para-hydroxylation sites is 1. The minimum atomic E-state index is -3.70. The van der Waals surface area contributed by atoms with Crippen molar-refractivity contribution in [3.63, 3.8) is 0 Å². The highest BCUT2D eigenvalue weighted by molar-refractivity contribution is 7.92. The molecular formula is C24H27N3O6S. The molecule has 3 amide bonds. The molecule has 2 aromatic carbocycles. The summed E-state index contributed by atoms with van der Waals surface area (Å²) in [5, 5.41) is 4.58. The Morgan fingerprint density at radius 1 is 1.03 bits per heavy atom. The number of nitrogens with zero attached hydrogens (tertiary/aromatic N) is 1. The lowest BCUT2D eigenvalue weighted by Gasteiger charge is -2.19. The average molecular weight is 486 g/mol. The highest BCUT2D eigenvalue weighted by Crippen LogP contribution is 2.32. The number of hydrogen-bond acceptors (Lipinski definition) is 6. The standard InChI is InChI=1S/C24H27N3O6S/c1-16(2)25-24(30)26-23(29)17(3)33-22(28)13-10-18-8-11-20(12-9-18)34(31,32)27-15-14-19-6-4-5-7-21(19)27/h4-13,16-17H,14-15H2,1-3H3,(H2,25,26,29,30)/b13-10+. The second kappa shape index (κ2) is 10.5. The highest BCUT2D eigenvalue weighted by atomic mass is 32.2. The third kappa shape index (κ3) is 6.02. The van der Waals surface area contributed by atoms with Gasteiger partial charge >= 0.3 is 12.0 Å². The van der Waals surface area contributed by atoms with Crippen molar-refractivity contribution in [3.8, 4) is 0 Å². The van der Waals surface area contributed by atoms with Gasteiger partial charge in [-0.15, -0.1) is 0 Å². The molecule has 0 saturated heterocycles. The number of imide groups is 1. The van der Waals surface area contributed by atoms with Gasteiger partial charge in [0.2, 0.25) is 0 Å². The average Bonchev–Trinajstić information content (AvgIpc) is 3.22. The first kappa shape index (κ1) is 25.0. The molecule has 1 aliphatic rings. The first-order chi connectivity index (χ1) is 16.1. The number of amides is 3. The van der Waals surface area contributed by atoms with Crippen LogP contribution >= 0.6 is 0 Å². The maximum Gasteiger partial charge on any atom is 0.331 e. The molecule has 1 unspecified atom stereocenters. The van der Waals surface area contributed by atoms with Gasteiger partial charge in [-0.05, 0) is 62.6 Å². The number of fused-ring (bicyclic) bond motifs is 1. The van der Waals surface area contributed by atoms with Gasteiger partial charge in [0.25, 0.3) is 15.9 Å². The zero-order chi connectivity index (χ0) is 24.9. The molecule has 1 aliphatic heterocycles. The molecule has 1 heterocycles. The van der Waals surface area contributed by atoms with E-state index >= 15 is 0 Å². The number of benzene rings is 2. The molecule has 0 fully saturated rings. The van der Waals surface area contributed by atoms with Gasteiger partial charge in [-0.2, -0.15) is 0 Å². The van der Waals surface area contributed by atoms with Crippen molar-refractivity contribution >= 4 is 39.7 Å². The zero-order valence-corrected chi connectivity index (χ0v) is 20.0. The monoisotopic (exact) mass is 485 g/mol. The zero-order valence-electron chi connectivity index (χ0n) is 19.1. The summed E-state index contributed by atoms with van der Waals surface area (Å²) in [6.45, 7) is 5.22. The van der Waals surface area contributed by atoms with Gasteiger partial charge in [-0.25, -0.2) is 18.0 Å². The third-order valence-electron chi connectivity index (χ3n) is 5.04. The van der Waals surface area contributed by atoms with E-state index in [2.05, 4.69) is 10.6 Å². The Balaban J connectivity index is 1.59. The minimum absolute atomic E-state index is 0.147. The molecule has 10 heteroatoms. The molecule has 0 radical (unpaired) electrons. The van der Waals surface area contributed by atoms with Crippen LogP contribution in [0.1, 0.15) is 31.9 Å². The molecule has 0 aliphatic carbocycles. The molecule has 0 spiro atoms. The van der Waals surface area contributed by atoms with Crippen molar-refractivity contribution in [2.45, 2.75) is 44.2 Å². The fourth-order valence-electron chi connectivity index (χ4n) is 3.38. The van der Waals surface area contributed by atoms with Crippen LogP contribution in [0.3, 0.4) is 0 Å². The second-order valence-corrected chi connectivity index (χ2v) is 9.92. The molecule has 0 saturated carbocycles. The Labute approximate surface area is 198 Å². The quantitative estimate of drug-likeness (QED) is 0.459. The van der Waals surface area contributed by atoms with Crippen molar-refractivity contribution in [3.05, 3.63) is 65.7 Å². The van der Waals surface area contributed by atoms with Crippen LogP contribution in [-0.2, 0) is 30.8 Å². The Hall–Kier alpha value is -3.66. The molecule has 1 atom stereocenters. The van der Waals surface area contributed by atoms with Gasteiger partial charge in [0, 0.05) is 18.7 Å². The Kier molecular flexibility index (Phi) is 7.72. The summed E-state index contributed by atoms with van der Waals surface area (Å²) in [5.41, 5.74) is 2.26. The number of rotatable bonds is 7. The Morgan fingerprint density at radius 3 is 2.38 bits per heavy atom. The SMILES string of the molecule is CC(C)NC(=O)NC(=O)C(C)OC(=O)/C=C/c1ccc(S(=O)(=O)N2CCc3ccccc32)cc1. The van der Waals surface area contributed by atoms with Crippen LogP contribution in [0.25, 0.3) is 6.08 Å². The van der Waals surface area contributed by atoms with Gasteiger partial charge in [0.15, 0.2) is 6.10 Å². The van der Waals surface area contributed by atoms with Crippen LogP contribution in [0.4, 0.5) is 10.5 Å². The third-order valence-corrected chi connectivity index (χ3v) is 6.87. The Morgan fingerprint density at radius 2 is 1.71 bits per heavy atom. The lowest BCUT2D eigenvalue weighted by Crippen LogP contribution is -2.46. The van der Waals surface area contributed by atoms with Gasteiger partial charge in [0.1, 0.15) is 0 Å². The fraction of sp³-hybridized carbons (Fsp3) is 0.292. The molecule has 180 valence electrons. The molecule has 0 bridgehead atoms. The summed E-state index contributed by atoms with van der Waals surface area (Å²) in [4.78, 5) is 35.7.